The Balaban J connectivity index is 0. The van der Waals surface area contributed by atoms with Crippen LogP contribution in [-0.2, 0) is 9.59 Å². The Kier molecular flexibility index (Phi) is 22.5. The molecule has 2 heteroatoms. The van der Waals surface area contributed by atoms with Crippen molar-refractivity contribution in [3.05, 3.63) is 24.3 Å². The Morgan fingerprint density at radius 3 is 2.00 bits per heavy atom. The van der Waals surface area contributed by atoms with Crippen LogP contribution in [0.15, 0.2) is 24.3 Å². The maximum atomic E-state index is 9.91. The van der Waals surface area contributed by atoms with Crippen molar-refractivity contribution in [1.82, 2.24) is 0 Å². The summed E-state index contributed by atoms with van der Waals surface area (Å²) in [6.07, 6.45) is 18.2. The van der Waals surface area contributed by atoms with Gasteiger partial charge in [0.2, 0.25) is 0 Å². The van der Waals surface area contributed by atoms with E-state index in [0.717, 1.165) is 25.4 Å². The van der Waals surface area contributed by atoms with Crippen molar-refractivity contribution in [1.29, 1.82) is 0 Å². The second-order valence-electron chi connectivity index (χ2n) is 3.99. The second-order valence-corrected chi connectivity index (χ2v) is 3.99. The molecule has 0 aliphatic heterocycles. The number of hydrogen-bond acceptors (Lipinski definition) is 2. The summed E-state index contributed by atoms with van der Waals surface area (Å²) in [4.78, 5) is 19.5. The molecule has 0 bridgehead atoms. The first-order valence-corrected chi connectivity index (χ1v) is 7.00. The highest BCUT2D eigenvalue weighted by atomic mass is 16.1. The highest BCUT2D eigenvalue weighted by Crippen LogP contribution is 2.00. The van der Waals surface area contributed by atoms with Crippen LogP contribution in [0, 0.1) is 0 Å². The van der Waals surface area contributed by atoms with Crippen molar-refractivity contribution in [2.24, 2.45) is 0 Å². The Bertz CT molecular complexity index is 217. The van der Waals surface area contributed by atoms with Gasteiger partial charge in [-0.15, -0.1) is 0 Å². The molecule has 0 heterocycles. The van der Waals surface area contributed by atoms with Crippen molar-refractivity contribution in [2.45, 2.75) is 65.2 Å². The predicted molar refractivity (Wildman–Crippen MR) is 78.7 cm³/mol. The molecule has 0 N–H and O–H groups in total. The first kappa shape index (κ1) is 19.2. The standard InChI is InChI=1S/C10H18O.C6H10O/c1-2-3-4-5-6-7-8-9-10-11;1-2-3-4-5-6-7/h6-7,10H,2-5,8-9H2,1H3;3-4,6H,2,5H2,1H3/b7-6+;4-3-. The van der Waals surface area contributed by atoms with Crippen LogP contribution in [0.1, 0.15) is 65.2 Å². The third-order valence-electron chi connectivity index (χ3n) is 2.23. The van der Waals surface area contributed by atoms with Crippen molar-refractivity contribution < 1.29 is 9.59 Å². The maximum Gasteiger partial charge on any atom is 0.123 e. The summed E-state index contributed by atoms with van der Waals surface area (Å²) in [5.41, 5.74) is 0. The molecule has 0 aliphatic carbocycles. The van der Waals surface area contributed by atoms with E-state index < -0.39 is 0 Å². The summed E-state index contributed by atoms with van der Waals surface area (Å²) in [6, 6.07) is 0. The molecule has 0 aromatic heterocycles. The maximum absolute atomic E-state index is 9.91. The highest BCUT2D eigenvalue weighted by Gasteiger charge is 1.81. The van der Waals surface area contributed by atoms with Gasteiger partial charge in [-0.25, -0.2) is 0 Å². The van der Waals surface area contributed by atoms with E-state index in [0.29, 0.717) is 12.8 Å². The van der Waals surface area contributed by atoms with E-state index in [1.54, 1.807) is 0 Å². The Morgan fingerprint density at radius 2 is 1.44 bits per heavy atom. The lowest BCUT2D eigenvalue weighted by Crippen LogP contribution is -1.73. The van der Waals surface area contributed by atoms with Gasteiger partial charge in [-0.3, -0.25) is 0 Å². The van der Waals surface area contributed by atoms with Gasteiger partial charge in [0.05, 0.1) is 0 Å². The Labute approximate surface area is 112 Å². The number of unbranched alkanes of at least 4 members (excludes halogenated alkanes) is 4. The van der Waals surface area contributed by atoms with Crippen LogP contribution in [0.2, 0.25) is 0 Å². The Morgan fingerprint density at radius 1 is 0.722 bits per heavy atom. The molecule has 0 saturated carbocycles. The van der Waals surface area contributed by atoms with E-state index in [9.17, 15) is 9.59 Å². The van der Waals surface area contributed by atoms with Gasteiger partial charge in [-0.2, -0.15) is 0 Å². The van der Waals surface area contributed by atoms with Crippen molar-refractivity contribution >= 4 is 12.6 Å². The monoisotopic (exact) mass is 252 g/mol. The van der Waals surface area contributed by atoms with Crippen LogP contribution < -0.4 is 0 Å². The molecule has 0 amide bonds. The van der Waals surface area contributed by atoms with E-state index in [-0.39, 0.29) is 0 Å². The van der Waals surface area contributed by atoms with E-state index in [4.69, 9.17) is 0 Å². The first-order valence-electron chi connectivity index (χ1n) is 7.00. The largest absolute Gasteiger partial charge is 0.303 e. The van der Waals surface area contributed by atoms with E-state index >= 15 is 0 Å². The second kappa shape index (κ2) is 21.1. The smallest absolute Gasteiger partial charge is 0.123 e. The molecule has 0 spiro atoms. The summed E-state index contributed by atoms with van der Waals surface area (Å²) in [5.74, 6) is 0. The summed E-state index contributed by atoms with van der Waals surface area (Å²) in [6.45, 7) is 4.25. The zero-order valence-corrected chi connectivity index (χ0v) is 11.9. The number of carbonyl (C=O) groups is 2. The molecule has 0 aromatic rings. The fourth-order valence-electron chi connectivity index (χ4n) is 1.23. The summed E-state index contributed by atoms with van der Waals surface area (Å²) in [7, 11) is 0. The molecule has 104 valence electrons. The normalized spacial score (nSPS) is 10.3. The molecule has 0 unspecified atom stereocenters. The lowest BCUT2D eigenvalue weighted by molar-refractivity contribution is -0.108. The molecule has 2 nitrogen and oxygen atoms in total. The van der Waals surface area contributed by atoms with Gasteiger partial charge >= 0.3 is 0 Å². The summed E-state index contributed by atoms with van der Waals surface area (Å²) >= 11 is 0. The quantitative estimate of drug-likeness (QED) is 0.322. The Hall–Kier alpha value is -1.18. The fourth-order valence-corrected chi connectivity index (χ4v) is 1.23. The van der Waals surface area contributed by atoms with Crippen LogP contribution in [0.4, 0.5) is 0 Å². The van der Waals surface area contributed by atoms with Crippen LogP contribution in [0.3, 0.4) is 0 Å². The number of hydrogen-bond donors (Lipinski definition) is 0. The molecule has 0 aliphatic rings. The van der Waals surface area contributed by atoms with E-state index in [1.807, 2.05) is 19.1 Å². The van der Waals surface area contributed by atoms with Crippen molar-refractivity contribution in [2.75, 3.05) is 0 Å². The molecule has 0 saturated heterocycles. The molecular weight excluding hydrogens is 224 g/mol. The highest BCUT2D eigenvalue weighted by molar-refractivity contribution is 5.51. The average molecular weight is 252 g/mol. The lowest BCUT2D eigenvalue weighted by Gasteiger charge is -1.90. The number of carbonyl (C=O) groups excluding carboxylic acids is 2. The predicted octanol–water partition coefficient (Wildman–Crippen LogP) is 4.64. The summed E-state index contributed by atoms with van der Waals surface area (Å²) < 4.78 is 0. The minimum atomic E-state index is 0.563. The summed E-state index contributed by atoms with van der Waals surface area (Å²) in [5, 5.41) is 0. The van der Waals surface area contributed by atoms with Crippen LogP contribution in [-0.4, -0.2) is 12.6 Å². The van der Waals surface area contributed by atoms with Gasteiger partial charge in [-0.1, -0.05) is 51.0 Å². The molecule has 0 rings (SSSR count). The number of rotatable bonds is 10. The van der Waals surface area contributed by atoms with Crippen molar-refractivity contribution in [3.8, 4) is 0 Å². The van der Waals surface area contributed by atoms with Gasteiger partial charge in [0.1, 0.15) is 12.6 Å². The van der Waals surface area contributed by atoms with Gasteiger partial charge in [-0.05, 0) is 25.7 Å². The number of aldehydes is 2. The van der Waals surface area contributed by atoms with Crippen LogP contribution >= 0.6 is 0 Å². The van der Waals surface area contributed by atoms with Gasteiger partial charge < -0.3 is 9.59 Å². The van der Waals surface area contributed by atoms with E-state index in [1.165, 1.54) is 25.7 Å². The minimum absolute atomic E-state index is 0.563. The molecule has 0 fully saturated rings. The molecular formula is C16H28O2. The van der Waals surface area contributed by atoms with Gasteiger partial charge in [0.25, 0.3) is 0 Å². The van der Waals surface area contributed by atoms with E-state index in [2.05, 4.69) is 19.1 Å². The third kappa shape index (κ3) is 24.2. The topological polar surface area (TPSA) is 34.1 Å². The van der Waals surface area contributed by atoms with Gasteiger partial charge in [0.15, 0.2) is 0 Å². The molecule has 0 aromatic carbocycles. The van der Waals surface area contributed by atoms with Crippen molar-refractivity contribution in [3.63, 3.8) is 0 Å². The van der Waals surface area contributed by atoms with Crippen LogP contribution in [0.25, 0.3) is 0 Å². The molecule has 0 atom stereocenters. The fraction of sp³-hybridized carbons (Fsp3) is 0.625. The zero-order valence-electron chi connectivity index (χ0n) is 11.9. The van der Waals surface area contributed by atoms with Gasteiger partial charge in [0, 0.05) is 12.8 Å². The van der Waals surface area contributed by atoms with Crippen LogP contribution in [0.5, 0.6) is 0 Å². The third-order valence-corrected chi connectivity index (χ3v) is 2.23. The zero-order chi connectivity index (χ0) is 13.9. The first-order chi connectivity index (χ1) is 8.83. The SMILES string of the molecule is CC/C=C\CC=O.CCCCC/C=C/CCC=O. The molecule has 0 radical (unpaired) electrons. The number of allylic oxidation sites excluding steroid dienone is 4. The lowest BCUT2D eigenvalue weighted by atomic mass is 10.2. The minimum Gasteiger partial charge on any atom is -0.303 e. The molecule has 18 heavy (non-hydrogen) atoms. The average Bonchev–Trinajstić information content (AvgIpc) is 2.39.